The second-order valence-electron chi connectivity index (χ2n) is 7.59. The number of imidazole rings is 1. The van der Waals surface area contributed by atoms with Crippen LogP contribution in [0, 0.1) is 20.8 Å². The van der Waals surface area contributed by atoms with Crippen LogP contribution < -0.4 is 0 Å². The lowest BCUT2D eigenvalue weighted by atomic mass is 10.1. The van der Waals surface area contributed by atoms with Crippen molar-refractivity contribution < 1.29 is 0 Å². The quantitative estimate of drug-likeness (QED) is 0.362. The molecule has 154 valence electrons. The molecule has 0 N–H and O–H groups in total. The second-order valence-corrected chi connectivity index (χ2v) is 8.53. The van der Waals surface area contributed by atoms with Gasteiger partial charge in [-0.1, -0.05) is 23.9 Å². The molecule has 5 aromatic rings. The maximum absolute atomic E-state index is 4.80. The molecule has 7 heteroatoms. The molecule has 0 aliphatic rings. The van der Waals surface area contributed by atoms with Crippen LogP contribution in [0.15, 0.2) is 72.4 Å². The van der Waals surface area contributed by atoms with Crippen LogP contribution >= 0.6 is 11.8 Å². The Hall–Kier alpha value is -3.45. The maximum atomic E-state index is 4.80. The third-order valence-electron chi connectivity index (χ3n) is 5.40. The number of aryl methyl sites for hydroxylation is 3. The number of hydrogen-bond acceptors (Lipinski definition) is 5. The van der Waals surface area contributed by atoms with Crippen molar-refractivity contribution in [1.29, 1.82) is 0 Å². The van der Waals surface area contributed by atoms with E-state index in [9.17, 15) is 0 Å². The fourth-order valence-corrected chi connectivity index (χ4v) is 4.40. The molecule has 31 heavy (non-hydrogen) atoms. The molecule has 0 saturated carbocycles. The molecule has 5 rings (SSSR count). The lowest BCUT2D eigenvalue weighted by Gasteiger charge is -2.12. The summed E-state index contributed by atoms with van der Waals surface area (Å²) < 4.78 is 4.19. The summed E-state index contributed by atoms with van der Waals surface area (Å²) in [5, 5.41) is 9.89. The highest BCUT2D eigenvalue weighted by molar-refractivity contribution is 7.98. The summed E-state index contributed by atoms with van der Waals surface area (Å²) >= 11 is 1.64. The van der Waals surface area contributed by atoms with E-state index in [0.29, 0.717) is 5.75 Å². The minimum atomic E-state index is 0.709. The van der Waals surface area contributed by atoms with Crippen LogP contribution in [0.1, 0.15) is 22.4 Å². The summed E-state index contributed by atoms with van der Waals surface area (Å²) in [4.78, 5) is 8.93. The van der Waals surface area contributed by atoms with Gasteiger partial charge in [0.1, 0.15) is 5.65 Å². The molecule has 0 amide bonds. The van der Waals surface area contributed by atoms with Gasteiger partial charge in [0.2, 0.25) is 0 Å². The predicted molar refractivity (Wildman–Crippen MR) is 124 cm³/mol. The van der Waals surface area contributed by atoms with Gasteiger partial charge in [0.25, 0.3) is 0 Å². The van der Waals surface area contributed by atoms with Crippen LogP contribution in [0.2, 0.25) is 0 Å². The second kappa shape index (κ2) is 8.00. The standard InChI is InChI=1S/C24H22N6S/c1-16-6-7-21(13-18(16)3)30-23(19-8-10-25-11-9-19)27-28-24(30)31-15-20-14-29-12-4-5-17(2)22(29)26-20/h4-14H,15H2,1-3H3. The van der Waals surface area contributed by atoms with E-state index in [4.69, 9.17) is 4.98 Å². The first-order valence-electron chi connectivity index (χ1n) is 10.1. The van der Waals surface area contributed by atoms with Crippen molar-refractivity contribution in [3.63, 3.8) is 0 Å². The van der Waals surface area contributed by atoms with E-state index in [1.165, 1.54) is 11.1 Å². The van der Waals surface area contributed by atoms with Crippen LogP contribution in [0.4, 0.5) is 0 Å². The fraction of sp³-hybridized carbons (Fsp3) is 0.167. The highest BCUT2D eigenvalue weighted by atomic mass is 32.2. The van der Waals surface area contributed by atoms with Gasteiger partial charge in [-0.15, -0.1) is 10.2 Å². The average molecular weight is 427 g/mol. The van der Waals surface area contributed by atoms with Crippen LogP contribution in [0.3, 0.4) is 0 Å². The van der Waals surface area contributed by atoms with Crippen molar-refractivity contribution in [2.24, 2.45) is 0 Å². The van der Waals surface area contributed by atoms with Gasteiger partial charge in [-0.25, -0.2) is 4.98 Å². The van der Waals surface area contributed by atoms with E-state index in [0.717, 1.165) is 39.1 Å². The number of benzene rings is 1. The molecule has 0 spiro atoms. The number of thioether (sulfide) groups is 1. The summed E-state index contributed by atoms with van der Waals surface area (Å²) in [5.74, 6) is 1.51. The zero-order chi connectivity index (χ0) is 21.4. The van der Waals surface area contributed by atoms with Gasteiger partial charge in [-0.05, 0) is 67.8 Å². The van der Waals surface area contributed by atoms with Gasteiger partial charge in [0.15, 0.2) is 11.0 Å². The number of hydrogen-bond donors (Lipinski definition) is 0. The van der Waals surface area contributed by atoms with E-state index in [-0.39, 0.29) is 0 Å². The zero-order valence-electron chi connectivity index (χ0n) is 17.6. The first kappa shape index (κ1) is 19.5. The maximum Gasteiger partial charge on any atom is 0.196 e. The van der Waals surface area contributed by atoms with E-state index < -0.39 is 0 Å². The number of rotatable bonds is 5. The summed E-state index contributed by atoms with van der Waals surface area (Å²) in [6.45, 7) is 6.33. The van der Waals surface area contributed by atoms with Crippen LogP contribution in [0.5, 0.6) is 0 Å². The fourth-order valence-electron chi connectivity index (χ4n) is 3.56. The van der Waals surface area contributed by atoms with Gasteiger partial charge in [0, 0.05) is 36.1 Å². The van der Waals surface area contributed by atoms with Crippen LogP contribution in [-0.2, 0) is 5.75 Å². The Balaban J connectivity index is 1.54. The molecule has 0 saturated heterocycles. The van der Waals surface area contributed by atoms with Crippen LogP contribution in [0.25, 0.3) is 22.7 Å². The van der Waals surface area contributed by atoms with E-state index in [1.807, 2.05) is 24.4 Å². The molecule has 0 bridgehead atoms. The molecule has 4 heterocycles. The topological polar surface area (TPSA) is 60.9 Å². The molecule has 0 unspecified atom stereocenters. The van der Waals surface area contributed by atoms with Gasteiger partial charge in [-0.2, -0.15) is 0 Å². The molecule has 0 aliphatic carbocycles. The van der Waals surface area contributed by atoms with Crippen molar-refractivity contribution in [1.82, 2.24) is 29.1 Å². The largest absolute Gasteiger partial charge is 0.307 e. The Morgan fingerprint density at radius 2 is 1.74 bits per heavy atom. The molecular weight excluding hydrogens is 404 g/mol. The Labute approximate surface area is 185 Å². The van der Waals surface area contributed by atoms with E-state index in [2.05, 4.69) is 75.4 Å². The molecule has 0 radical (unpaired) electrons. The normalized spacial score (nSPS) is 11.3. The summed E-state index contributed by atoms with van der Waals surface area (Å²) in [7, 11) is 0. The van der Waals surface area contributed by atoms with Gasteiger partial charge in [0.05, 0.1) is 11.4 Å². The molecule has 6 nitrogen and oxygen atoms in total. The van der Waals surface area contributed by atoms with Crippen molar-refractivity contribution in [2.75, 3.05) is 0 Å². The number of fused-ring (bicyclic) bond motifs is 1. The summed E-state index contributed by atoms with van der Waals surface area (Å²) in [5.41, 5.74) is 7.70. The van der Waals surface area contributed by atoms with Gasteiger partial charge < -0.3 is 4.40 Å². The molecule has 0 aliphatic heterocycles. The third kappa shape index (κ3) is 3.72. The summed E-state index contributed by atoms with van der Waals surface area (Å²) in [6, 6.07) is 14.5. The molecule has 0 fully saturated rings. The van der Waals surface area contributed by atoms with Crippen molar-refractivity contribution in [3.05, 3.63) is 89.6 Å². The smallest absolute Gasteiger partial charge is 0.196 e. The highest BCUT2D eigenvalue weighted by Gasteiger charge is 2.17. The SMILES string of the molecule is Cc1ccc(-n2c(SCc3cn4cccc(C)c4n3)nnc2-c2ccncc2)cc1C. The first-order chi connectivity index (χ1) is 15.1. The summed E-state index contributed by atoms with van der Waals surface area (Å²) in [6.07, 6.45) is 7.67. The molecule has 0 atom stereocenters. The van der Waals surface area contributed by atoms with E-state index in [1.54, 1.807) is 24.2 Å². The molecule has 1 aromatic carbocycles. The minimum Gasteiger partial charge on any atom is -0.307 e. The number of pyridine rings is 2. The average Bonchev–Trinajstić information content (AvgIpc) is 3.40. The Kier molecular flexibility index (Phi) is 5.03. The van der Waals surface area contributed by atoms with Crippen molar-refractivity contribution in [3.8, 4) is 17.1 Å². The lowest BCUT2D eigenvalue weighted by Crippen LogP contribution is -2.01. The van der Waals surface area contributed by atoms with Gasteiger partial charge >= 0.3 is 0 Å². The zero-order valence-corrected chi connectivity index (χ0v) is 18.5. The first-order valence-corrected chi connectivity index (χ1v) is 11.1. The Bertz CT molecular complexity index is 1370. The van der Waals surface area contributed by atoms with Crippen molar-refractivity contribution in [2.45, 2.75) is 31.7 Å². The Morgan fingerprint density at radius 1 is 0.903 bits per heavy atom. The number of aromatic nitrogens is 6. The minimum absolute atomic E-state index is 0.709. The van der Waals surface area contributed by atoms with Crippen LogP contribution in [-0.4, -0.2) is 29.1 Å². The Morgan fingerprint density at radius 3 is 2.52 bits per heavy atom. The number of nitrogens with zero attached hydrogens (tertiary/aromatic N) is 6. The molecule has 4 aromatic heterocycles. The van der Waals surface area contributed by atoms with Crippen molar-refractivity contribution >= 4 is 17.4 Å². The third-order valence-corrected chi connectivity index (χ3v) is 6.36. The lowest BCUT2D eigenvalue weighted by molar-refractivity contribution is 0.883. The monoisotopic (exact) mass is 426 g/mol. The predicted octanol–water partition coefficient (Wildman–Crippen LogP) is 5.19. The highest BCUT2D eigenvalue weighted by Crippen LogP contribution is 2.30. The molecular formula is C24H22N6S. The van der Waals surface area contributed by atoms with Gasteiger partial charge in [-0.3, -0.25) is 9.55 Å². The van der Waals surface area contributed by atoms with E-state index >= 15 is 0 Å².